The molecule has 0 saturated heterocycles. The number of hydrogen-bond acceptors (Lipinski definition) is 8. The number of nitrogens with zero attached hydrogens (tertiary/aromatic N) is 1. The highest BCUT2D eigenvalue weighted by Gasteiger charge is 2.27. The summed E-state index contributed by atoms with van der Waals surface area (Å²) < 4.78 is 34.1. The Kier molecular flexibility index (Phi) is 37.4. The summed E-state index contributed by atoms with van der Waals surface area (Å²) in [6.45, 7) is 3.99. The number of carbonyl (C=O) groups is 2. The molecule has 0 aliphatic rings. The van der Waals surface area contributed by atoms with E-state index < -0.39 is 38.6 Å². The lowest BCUT2D eigenvalue weighted by molar-refractivity contribution is -0.870. The van der Waals surface area contributed by atoms with Crippen LogP contribution < -0.4 is 0 Å². The normalized spacial score (nSPS) is 14.9. The van der Waals surface area contributed by atoms with E-state index in [-0.39, 0.29) is 32.5 Å². The molecule has 0 spiro atoms. The fraction of sp³-hybridized carbons (Fsp3) is 0.667. The van der Waals surface area contributed by atoms with E-state index in [0.717, 1.165) is 57.8 Å². The lowest BCUT2D eigenvalue weighted by Crippen LogP contribution is -2.37. The first kappa shape index (κ1) is 56.1. The van der Waals surface area contributed by atoms with E-state index in [1.807, 2.05) is 33.3 Å². The number of quaternary nitrogens is 1. The number of aliphatic hydroxyl groups excluding tert-OH is 1. The number of unbranched alkanes of at least 4 members (excludes halogenated alkanes) is 11. The number of rotatable bonds is 39. The van der Waals surface area contributed by atoms with Crippen molar-refractivity contribution < 1.29 is 47.2 Å². The van der Waals surface area contributed by atoms with Crippen molar-refractivity contribution in [3.8, 4) is 0 Å². The van der Waals surface area contributed by atoms with Crippen LogP contribution in [0.2, 0.25) is 0 Å². The van der Waals surface area contributed by atoms with Crippen molar-refractivity contribution in [3.63, 3.8) is 0 Å². The minimum Gasteiger partial charge on any atom is -0.462 e. The van der Waals surface area contributed by atoms with Crippen molar-refractivity contribution in [3.05, 3.63) is 85.1 Å². The molecule has 2 unspecified atom stereocenters. The molecule has 0 saturated carbocycles. The molecule has 0 aliphatic heterocycles. The van der Waals surface area contributed by atoms with Gasteiger partial charge >= 0.3 is 19.8 Å². The molecule has 0 radical (unpaired) electrons. The number of esters is 2. The first-order valence-electron chi connectivity index (χ1n) is 22.4. The molecule has 2 N–H and O–H groups in total. The zero-order valence-corrected chi connectivity index (χ0v) is 38.5. The fourth-order valence-corrected chi connectivity index (χ4v) is 6.21. The van der Waals surface area contributed by atoms with Gasteiger partial charge in [0.1, 0.15) is 19.8 Å². The average molecular weight is 849 g/mol. The van der Waals surface area contributed by atoms with Gasteiger partial charge in [0.2, 0.25) is 0 Å². The number of aliphatic hydroxyl groups is 1. The second-order valence-corrected chi connectivity index (χ2v) is 17.3. The average Bonchev–Trinajstić information content (AvgIpc) is 3.18. The van der Waals surface area contributed by atoms with Crippen LogP contribution in [-0.4, -0.2) is 86.1 Å². The molecule has 0 fully saturated rings. The molecular formula is C48H83NO9P+. The molecule has 0 aromatic rings. The predicted octanol–water partition coefficient (Wildman–Crippen LogP) is 11.8. The lowest BCUT2D eigenvalue weighted by atomic mass is 10.1. The van der Waals surface area contributed by atoms with E-state index in [2.05, 4.69) is 74.6 Å². The molecular weight excluding hydrogens is 766 g/mol. The van der Waals surface area contributed by atoms with Gasteiger partial charge in [-0.25, -0.2) is 4.57 Å². The van der Waals surface area contributed by atoms with Crippen LogP contribution in [0.15, 0.2) is 85.1 Å². The van der Waals surface area contributed by atoms with Gasteiger partial charge in [0.15, 0.2) is 6.10 Å². The summed E-state index contributed by atoms with van der Waals surface area (Å²) in [7, 11) is 1.32. The van der Waals surface area contributed by atoms with Crippen LogP contribution in [0.25, 0.3) is 0 Å². The molecule has 338 valence electrons. The Hall–Kier alpha value is -2.85. The number of hydrogen-bond donors (Lipinski definition) is 2. The van der Waals surface area contributed by atoms with Crippen LogP contribution >= 0.6 is 7.82 Å². The number of phosphoric acid groups is 1. The number of ether oxygens (including phenoxy) is 2. The number of likely N-dealkylation sites (N-methyl/N-ethyl adjacent to an activating group) is 1. The van der Waals surface area contributed by atoms with E-state index in [0.29, 0.717) is 17.4 Å². The molecule has 3 atom stereocenters. The smallest absolute Gasteiger partial charge is 0.462 e. The third kappa shape index (κ3) is 43.1. The fourth-order valence-electron chi connectivity index (χ4n) is 5.47. The highest BCUT2D eigenvalue weighted by atomic mass is 31.2. The van der Waals surface area contributed by atoms with Crippen LogP contribution in [0.3, 0.4) is 0 Å². The molecule has 11 heteroatoms. The summed E-state index contributed by atoms with van der Waals surface area (Å²) in [6, 6.07) is 0. The highest BCUT2D eigenvalue weighted by Crippen LogP contribution is 2.43. The molecule has 0 rings (SSSR count). The van der Waals surface area contributed by atoms with E-state index >= 15 is 0 Å². The van der Waals surface area contributed by atoms with E-state index in [1.165, 1.54) is 51.4 Å². The highest BCUT2D eigenvalue weighted by molar-refractivity contribution is 7.47. The minimum absolute atomic E-state index is 0.0155. The van der Waals surface area contributed by atoms with E-state index in [4.69, 9.17) is 18.5 Å². The largest absolute Gasteiger partial charge is 0.472 e. The first-order valence-corrected chi connectivity index (χ1v) is 23.9. The van der Waals surface area contributed by atoms with Gasteiger partial charge < -0.3 is 24.0 Å². The third-order valence-electron chi connectivity index (χ3n) is 9.03. The van der Waals surface area contributed by atoms with Gasteiger partial charge in [-0.15, -0.1) is 0 Å². The van der Waals surface area contributed by atoms with Gasteiger partial charge in [0.05, 0.1) is 33.9 Å². The molecule has 0 heterocycles. The number of phosphoric ester groups is 1. The topological polar surface area (TPSA) is 129 Å². The molecule has 0 aromatic carbocycles. The SMILES string of the molecule is CC/C=C\C/C=C\C/C=C\C/C=C\C/C=C\C=C/C(O)CCC(=O)O[C@H](COC(=O)CCCCCCCCC/C=C\CCCCCC)COP(=O)(O)OCC[N+](C)(C)C. The van der Waals surface area contributed by atoms with Crippen LogP contribution in [0, 0.1) is 0 Å². The standard InChI is InChI=1S/C48H82NO9P/c1-6-8-10-12-14-16-18-20-22-24-25-27-29-31-33-35-37-45(50)39-40-48(52)58-46(44-57-59(53,54)56-42-41-49(3,4)5)43-55-47(51)38-36-34-32-30-28-26-23-21-19-17-15-13-11-9-7-2/h8,10,14,16-17,19-20,22,25,27,31,33,35,37,45-46,50H,6-7,9,11-13,15,18,21,23-24,26,28-30,32,34,36,38-44H2,1-5H3/p+1/b10-8-,16-14-,19-17-,22-20-,27-25-,33-31-,37-35-/t45?,46-/m1/s1. The monoisotopic (exact) mass is 849 g/mol. The van der Waals surface area contributed by atoms with Crippen molar-refractivity contribution in [2.45, 2.75) is 161 Å². The van der Waals surface area contributed by atoms with Crippen molar-refractivity contribution in [1.82, 2.24) is 0 Å². The van der Waals surface area contributed by atoms with E-state index in [9.17, 15) is 24.2 Å². The minimum atomic E-state index is -4.45. The van der Waals surface area contributed by atoms with E-state index in [1.54, 1.807) is 12.2 Å². The molecule has 0 aliphatic carbocycles. The van der Waals surface area contributed by atoms with Gasteiger partial charge in [-0.05, 0) is 70.6 Å². The summed E-state index contributed by atoms with van der Waals surface area (Å²) in [5, 5.41) is 10.4. The van der Waals surface area contributed by atoms with Gasteiger partial charge in [-0.2, -0.15) is 0 Å². The Morgan fingerprint density at radius 2 is 1.17 bits per heavy atom. The summed E-state index contributed by atoms with van der Waals surface area (Å²) in [5.41, 5.74) is 0. The van der Waals surface area contributed by atoms with Crippen LogP contribution in [0.1, 0.15) is 149 Å². The maximum absolute atomic E-state index is 12.7. The second kappa shape index (κ2) is 39.3. The van der Waals surface area contributed by atoms with Crippen molar-refractivity contribution in [2.75, 3.05) is 47.5 Å². The second-order valence-electron chi connectivity index (χ2n) is 15.9. The van der Waals surface area contributed by atoms with Gasteiger partial charge in [0.25, 0.3) is 0 Å². The van der Waals surface area contributed by atoms with Crippen LogP contribution in [0.5, 0.6) is 0 Å². The lowest BCUT2D eigenvalue weighted by Gasteiger charge is -2.24. The Bertz CT molecular complexity index is 1300. The molecule has 0 bridgehead atoms. The molecule has 0 aromatic heterocycles. The number of carbonyl (C=O) groups excluding carboxylic acids is 2. The maximum Gasteiger partial charge on any atom is 0.472 e. The predicted molar refractivity (Wildman–Crippen MR) is 244 cm³/mol. The summed E-state index contributed by atoms with van der Waals surface area (Å²) in [6.07, 6.45) is 46.8. The summed E-state index contributed by atoms with van der Waals surface area (Å²) in [4.78, 5) is 35.4. The van der Waals surface area contributed by atoms with Crippen molar-refractivity contribution in [2.24, 2.45) is 0 Å². The zero-order valence-electron chi connectivity index (χ0n) is 37.6. The third-order valence-corrected chi connectivity index (χ3v) is 10.0. The zero-order chi connectivity index (χ0) is 43.7. The maximum atomic E-state index is 12.7. The molecule has 0 amide bonds. The van der Waals surface area contributed by atoms with Crippen molar-refractivity contribution >= 4 is 19.8 Å². The van der Waals surface area contributed by atoms with Gasteiger partial charge in [-0.3, -0.25) is 18.6 Å². The summed E-state index contributed by atoms with van der Waals surface area (Å²) >= 11 is 0. The Morgan fingerprint density at radius 1 is 0.627 bits per heavy atom. The Morgan fingerprint density at radius 3 is 1.75 bits per heavy atom. The quantitative estimate of drug-likeness (QED) is 0.0155. The first-order chi connectivity index (χ1) is 28.4. The Labute approximate surface area is 359 Å². The van der Waals surface area contributed by atoms with Crippen LogP contribution in [-0.2, 0) is 32.7 Å². The van der Waals surface area contributed by atoms with Crippen LogP contribution in [0.4, 0.5) is 0 Å². The number of allylic oxidation sites excluding steroid dienone is 13. The van der Waals surface area contributed by atoms with Crippen molar-refractivity contribution in [1.29, 1.82) is 0 Å². The molecule has 10 nitrogen and oxygen atoms in total. The van der Waals surface area contributed by atoms with Gasteiger partial charge in [0, 0.05) is 12.8 Å². The Balaban J connectivity index is 4.62. The summed E-state index contributed by atoms with van der Waals surface area (Å²) in [5.74, 6) is -1.09. The molecule has 59 heavy (non-hydrogen) atoms. The van der Waals surface area contributed by atoms with Gasteiger partial charge in [-0.1, -0.05) is 150 Å².